The highest BCUT2D eigenvalue weighted by molar-refractivity contribution is 6.30. The van der Waals surface area contributed by atoms with Gasteiger partial charge in [-0.2, -0.15) is 0 Å². The number of benzene rings is 1. The summed E-state index contributed by atoms with van der Waals surface area (Å²) in [7, 11) is 0. The van der Waals surface area contributed by atoms with Crippen LogP contribution in [0.15, 0.2) is 24.3 Å². The van der Waals surface area contributed by atoms with Crippen LogP contribution in [0.2, 0.25) is 5.02 Å². The van der Waals surface area contributed by atoms with Crippen LogP contribution >= 0.6 is 24.0 Å². The molecule has 0 bridgehead atoms. The minimum atomic E-state index is 0. The monoisotopic (exact) mass is 316 g/mol. The van der Waals surface area contributed by atoms with Crippen molar-refractivity contribution >= 4 is 29.9 Å². The fraction of sp³-hybridized carbons (Fsp3) is 0.533. The molecule has 0 aromatic heterocycles. The van der Waals surface area contributed by atoms with Gasteiger partial charge >= 0.3 is 0 Å². The molecule has 1 amide bonds. The molecular weight excluding hydrogens is 295 g/mol. The van der Waals surface area contributed by atoms with E-state index in [1.807, 2.05) is 29.2 Å². The molecule has 0 spiro atoms. The van der Waals surface area contributed by atoms with Crippen LogP contribution in [0.4, 0.5) is 0 Å². The highest BCUT2D eigenvalue weighted by Crippen LogP contribution is 2.25. The maximum atomic E-state index is 12.3. The standard InChI is InChI=1S/C15H21ClN2O.ClH/c1-11(2)8-15(19)18-7-6-17-10-14(18)12-4-3-5-13(16)9-12;/h3-5,9,11,14,17H,6-8,10H2,1-2H3;1H. The van der Waals surface area contributed by atoms with Crippen LogP contribution in [0.3, 0.4) is 0 Å². The molecule has 1 heterocycles. The molecule has 3 nitrogen and oxygen atoms in total. The van der Waals surface area contributed by atoms with Crippen LogP contribution in [-0.2, 0) is 4.79 Å². The Bertz CT molecular complexity index is 451. The molecule has 1 unspecified atom stereocenters. The van der Waals surface area contributed by atoms with Crippen molar-refractivity contribution in [2.24, 2.45) is 5.92 Å². The first kappa shape index (κ1) is 17.3. The van der Waals surface area contributed by atoms with Crippen molar-refractivity contribution in [2.75, 3.05) is 19.6 Å². The molecule has 112 valence electrons. The van der Waals surface area contributed by atoms with Gasteiger partial charge in [0, 0.05) is 31.1 Å². The minimum Gasteiger partial charge on any atom is -0.333 e. The summed E-state index contributed by atoms with van der Waals surface area (Å²) in [6, 6.07) is 7.89. The lowest BCUT2D eigenvalue weighted by atomic mass is 10.0. The Morgan fingerprint density at radius 3 is 2.90 bits per heavy atom. The molecule has 1 N–H and O–H groups in total. The van der Waals surface area contributed by atoms with Gasteiger partial charge in [0.25, 0.3) is 0 Å². The summed E-state index contributed by atoms with van der Waals surface area (Å²) in [4.78, 5) is 14.3. The Labute approximate surface area is 132 Å². The van der Waals surface area contributed by atoms with E-state index in [4.69, 9.17) is 11.6 Å². The smallest absolute Gasteiger partial charge is 0.223 e. The van der Waals surface area contributed by atoms with Crippen molar-refractivity contribution < 1.29 is 4.79 Å². The molecule has 1 fully saturated rings. The summed E-state index contributed by atoms with van der Waals surface area (Å²) >= 11 is 6.05. The summed E-state index contributed by atoms with van der Waals surface area (Å²) in [6.45, 7) is 6.58. The van der Waals surface area contributed by atoms with Crippen molar-refractivity contribution in [3.05, 3.63) is 34.9 Å². The number of hydrogen-bond donors (Lipinski definition) is 1. The summed E-state index contributed by atoms with van der Waals surface area (Å²) in [6.07, 6.45) is 0.608. The average molecular weight is 317 g/mol. The lowest BCUT2D eigenvalue weighted by Gasteiger charge is -2.37. The summed E-state index contributed by atoms with van der Waals surface area (Å²) in [5.74, 6) is 0.629. The molecule has 0 radical (unpaired) electrons. The van der Waals surface area contributed by atoms with E-state index in [0.717, 1.165) is 30.2 Å². The van der Waals surface area contributed by atoms with Crippen LogP contribution < -0.4 is 5.32 Å². The third-order valence-electron chi connectivity index (χ3n) is 3.38. The van der Waals surface area contributed by atoms with Gasteiger partial charge in [-0.3, -0.25) is 4.79 Å². The van der Waals surface area contributed by atoms with E-state index >= 15 is 0 Å². The zero-order valence-corrected chi connectivity index (χ0v) is 13.5. The maximum absolute atomic E-state index is 12.3. The Morgan fingerprint density at radius 1 is 1.50 bits per heavy atom. The summed E-state index contributed by atoms with van der Waals surface area (Å²) in [5.41, 5.74) is 1.11. The van der Waals surface area contributed by atoms with Crippen molar-refractivity contribution in [1.29, 1.82) is 0 Å². The quantitative estimate of drug-likeness (QED) is 0.928. The van der Waals surface area contributed by atoms with Crippen LogP contribution in [-0.4, -0.2) is 30.4 Å². The molecule has 2 rings (SSSR count). The second-order valence-electron chi connectivity index (χ2n) is 5.46. The van der Waals surface area contributed by atoms with Crippen molar-refractivity contribution in [1.82, 2.24) is 10.2 Å². The number of carbonyl (C=O) groups is 1. The van der Waals surface area contributed by atoms with Gasteiger partial charge in [-0.15, -0.1) is 12.4 Å². The Morgan fingerprint density at radius 2 is 2.25 bits per heavy atom. The first-order chi connectivity index (χ1) is 9.08. The lowest BCUT2D eigenvalue weighted by molar-refractivity contribution is -0.135. The SMILES string of the molecule is CC(C)CC(=O)N1CCNCC1c1cccc(Cl)c1.Cl. The molecule has 1 aliphatic rings. The fourth-order valence-electron chi connectivity index (χ4n) is 2.48. The summed E-state index contributed by atoms with van der Waals surface area (Å²) in [5, 5.41) is 4.08. The molecule has 5 heteroatoms. The van der Waals surface area contributed by atoms with Crippen LogP contribution in [0, 0.1) is 5.92 Å². The molecule has 1 atom stereocenters. The molecule has 0 aliphatic carbocycles. The van der Waals surface area contributed by atoms with Gasteiger partial charge in [-0.05, 0) is 23.6 Å². The molecule has 1 saturated heterocycles. The third-order valence-corrected chi connectivity index (χ3v) is 3.62. The zero-order chi connectivity index (χ0) is 13.8. The van der Waals surface area contributed by atoms with E-state index in [0.29, 0.717) is 12.3 Å². The average Bonchev–Trinajstić information content (AvgIpc) is 2.38. The maximum Gasteiger partial charge on any atom is 0.223 e. The number of rotatable bonds is 3. The van der Waals surface area contributed by atoms with Gasteiger partial charge in [-0.25, -0.2) is 0 Å². The normalized spacial score (nSPS) is 18.8. The minimum absolute atomic E-state index is 0. The number of halogens is 2. The van der Waals surface area contributed by atoms with E-state index in [-0.39, 0.29) is 24.4 Å². The Hall–Kier alpha value is -0.770. The van der Waals surface area contributed by atoms with E-state index in [2.05, 4.69) is 19.2 Å². The van der Waals surface area contributed by atoms with Crippen molar-refractivity contribution in [3.8, 4) is 0 Å². The first-order valence-corrected chi connectivity index (χ1v) is 7.21. The van der Waals surface area contributed by atoms with Crippen LogP contribution in [0.1, 0.15) is 31.9 Å². The number of hydrogen-bond acceptors (Lipinski definition) is 2. The molecule has 0 saturated carbocycles. The van der Waals surface area contributed by atoms with Gasteiger partial charge in [0.1, 0.15) is 0 Å². The third kappa shape index (κ3) is 4.37. The molecule has 1 aromatic rings. The van der Waals surface area contributed by atoms with Gasteiger partial charge < -0.3 is 10.2 Å². The van der Waals surface area contributed by atoms with E-state index in [1.165, 1.54) is 0 Å². The van der Waals surface area contributed by atoms with Crippen LogP contribution in [0.5, 0.6) is 0 Å². The van der Waals surface area contributed by atoms with Crippen molar-refractivity contribution in [2.45, 2.75) is 26.3 Å². The predicted molar refractivity (Wildman–Crippen MR) is 85.5 cm³/mol. The number of piperazine rings is 1. The topological polar surface area (TPSA) is 32.3 Å². The predicted octanol–water partition coefficient (Wildman–Crippen LogP) is 3.28. The fourth-order valence-corrected chi connectivity index (χ4v) is 2.68. The number of amides is 1. The molecule has 1 aliphatic heterocycles. The molecular formula is C15H22Cl2N2O. The van der Waals surface area contributed by atoms with E-state index < -0.39 is 0 Å². The first-order valence-electron chi connectivity index (χ1n) is 6.83. The number of nitrogens with one attached hydrogen (secondary N) is 1. The number of nitrogens with zero attached hydrogens (tertiary/aromatic N) is 1. The van der Waals surface area contributed by atoms with E-state index in [9.17, 15) is 4.79 Å². The second-order valence-corrected chi connectivity index (χ2v) is 5.90. The summed E-state index contributed by atoms with van der Waals surface area (Å²) < 4.78 is 0. The Balaban J connectivity index is 0.00000200. The Kier molecular flexibility index (Phi) is 6.80. The largest absolute Gasteiger partial charge is 0.333 e. The van der Waals surface area contributed by atoms with Gasteiger partial charge in [0.05, 0.1) is 6.04 Å². The molecule has 20 heavy (non-hydrogen) atoms. The highest BCUT2D eigenvalue weighted by atomic mass is 35.5. The van der Waals surface area contributed by atoms with Gasteiger partial charge in [0.2, 0.25) is 5.91 Å². The van der Waals surface area contributed by atoms with Gasteiger partial charge in [-0.1, -0.05) is 37.6 Å². The van der Waals surface area contributed by atoms with Crippen LogP contribution in [0.25, 0.3) is 0 Å². The number of carbonyl (C=O) groups excluding carboxylic acids is 1. The molecule has 1 aromatic carbocycles. The van der Waals surface area contributed by atoms with Gasteiger partial charge in [0.15, 0.2) is 0 Å². The lowest BCUT2D eigenvalue weighted by Crippen LogP contribution is -2.48. The highest BCUT2D eigenvalue weighted by Gasteiger charge is 2.27. The van der Waals surface area contributed by atoms with Crippen molar-refractivity contribution in [3.63, 3.8) is 0 Å². The zero-order valence-electron chi connectivity index (χ0n) is 11.9. The van der Waals surface area contributed by atoms with E-state index in [1.54, 1.807) is 0 Å². The second kappa shape index (κ2) is 7.87.